The number of carbonyl (C=O) groups excluding carboxylic acids is 2. The minimum atomic E-state index is -0.809. The molecule has 1 N–H and O–H groups in total. The number of hydrogen-bond acceptors (Lipinski definition) is 8. The van der Waals surface area contributed by atoms with Crippen molar-refractivity contribution in [3.63, 3.8) is 0 Å². The predicted octanol–water partition coefficient (Wildman–Crippen LogP) is 3.37. The maximum absolute atomic E-state index is 12.4. The van der Waals surface area contributed by atoms with Crippen LogP contribution < -0.4 is 5.32 Å². The first-order valence-corrected chi connectivity index (χ1v) is 8.93. The third-order valence-corrected chi connectivity index (χ3v) is 4.70. The Morgan fingerprint density at radius 3 is 2.56 bits per heavy atom. The monoisotopic (exact) mass is 392 g/mol. The first-order valence-electron chi connectivity index (χ1n) is 8.12. The Balaban J connectivity index is 2.15. The van der Waals surface area contributed by atoms with E-state index in [1.54, 1.807) is 6.07 Å². The molecule has 0 unspecified atom stereocenters. The number of nitro groups is 1. The number of benzene rings is 1. The molecule has 8 nitrogen and oxygen atoms in total. The molecule has 2 aromatic rings. The van der Waals surface area contributed by atoms with Gasteiger partial charge in [0.2, 0.25) is 5.78 Å². The first kappa shape index (κ1) is 20.5. The van der Waals surface area contributed by atoms with E-state index in [0.717, 1.165) is 15.8 Å². The van der Waals surface area contributed by atoms with E-state index in [1.165, 1.54) is 30.6 Å². The van der Waals surface area contributed by atoms with Crippen molar-refractivity contribution in [3.8, 4) is 0 Å². The molecule has 1 aromatic heterocycles. The number of nitrogens with one attached hydrogen (secondary N) is 1. The molecule has 0 saturated carbocycles. The van der Waals surface area contributed by atoms with Crippen LogP contribution in [0.4, 0.5) is 11.4 Å². The lowest BCUT2D eigenvalue weighted by molar-refractivity contribution is -0.384. The third kappa shape index (κ3) is 5.35. The van der Waals surface area contributed by atoms with E-state index >= 15 is 0 Å². The van der Waals surface area contributed by atoms with Gasteiger partial charge in [-0.15, -0.1) is 11.3 Å². The van der Waals surface area contributed by atoms with Crippen LogP contribution in [-0.2, 0) is 9.47 Å². The van der Waals surface area contributed by atoms with Gasteiger partial charge in [-0.2, -0.15) is 0 Å². The zero-order chi connectivity index (χ0) is 20.0. The van der Waals surface area contributed by atoms with E-state index < -0.39 is 17.5 Å². The summed E-state index contributed by atoms with van der Waals surface area (Å²) in [5, 5.41) is 14.0. The highest BCUT2D eigenvalue weighted by Crippen LogP contribution is 2.24. The predicted molar refractivity (Wildman–Crippen MR) is 102 cm³/mol. The Bertz CT molecular complexity index is 862. The minimum Gasteiger partial charge on any atom is -0.454 e. The highest BCUT2D eigenvalue weighted by molar-refractivity contribution is 7.12. The molecule has 144 valence electrons. The van der Waals surface area contributed by atoms with E-state index in [2.05, 4.69) is 5.32 Å². The summed E-state index contributed by atoms with van der Waals surface area (Å²) in [7, 11) is 1.53. The number of ketones is 1. The molecule has 1 heterocycles. The molecule has 0 atom stereocenters. The summed E-state index contributed by atoms with van der Waals surface area (Å²) in [5.74, 6) is -1.12. The lowest BCUT2D eigenvalue weighted by Crippen LogP contribution is -2.17. The van der Waals surface area contributed by atoms with Crippen molar-refractivity contribution in [2.75, 3.05) is 32.2 Å². The number of thiophene rings is 1. The number of methoxy groups -OCH3 is 1. The number of nitro benzene ring substituents is 1. The summed E-state index contributed by atoms with van der Waals surface area (Å²) in [6.07, 6.45) is 0. The van der Waals surface area contributed by atoms with Gasteiger partial charge in [0.25, 0.3) is 5.69 Å². The first-order chi connectivity index (χ1) is 12.8. The number of non-ortho nitro benzene ring substituents is 1. The molecule has 0 aliphatic carbocycles. The highest BCUT2D eigenvalue weighted by atomic mass is 32.1. The lowest BCUT2D eigenvalue weighted by Gasteiger charge is -2.11. The molecule has 27 heavy (non-hydrogen) atoms. The van der Waals surface area contributed by atoms with Gasteiger partial charge < -0.3 is 14.8 Å². The van der Waals surface area contributed by atoms with Crippen molar-refractivity contribution < 1.29 is 24.0 Å². The summed E-state index contributed by atoms with van der Waals surface area (Å²) >= 11 is 1.49. The Labute approximate surface area is 160 Å². The van der Waals surface area contributed by atoms with E-state index in [4.69, 9.17) is 9.47 Å². The fraction of sp³-hybridized carbons (Fsp3) is 0.333. The number of hydrogen-bond donors (Lipinski definition) is 1. The quantitative estimate of drug-likeness (QED) is 0.229. The molecule has 0 fully saturated rings. The van der Waals surface area contributed by atoms with Crippen molar-refractivity contribution in [3.05, 3.63) is 55.3 Å². The highest BCUT2D eigenvalue weighted by Gasteiger charge is 2.20. The average molecular weight is 392 g/mol. The zero-order valence-corrected chi connectivity index (χ0v) is 16.1. The summed E-state index contributed by atoms with van der Waals surface area (Å²) < 4.78 is 10.0. The SMILES string of the molecule is COCCNc1ccc([N+](=O)[O-])cc1C(=O)OCC(=O)c1cc(C)sc1C. The molecule has 2 rings (SSSR count). The number of carbonyl (C=O) groups is 2. The van der Waals surface area contributed by atoms with E-state index in [9.17, 15) is 19.7 Å². The molecular weight excluding hydrogens is 372 g/mol. The van der Waals surface area contributed by atoms with Gasteiger partial charge in [-0.1, -0.05) is 0 Å². The number of nitrogens with zero attached hydrogens (tertiary/aromatic N) is 1. The standard InChI is InChI=1S/C18H20N2O6S/c1-11-8-14(12(2)27-11)17(21)10-26-18(22)15-9-13(20(23)24)4-5-16(15)19-6-7-25-3/h4-5,8-9,19H,6-7,10H2,1-3H3. The van der Waals surface area contributed by atoms with Crippen LogP contribution in [0.1, 0.15) is 30.5 Å². The van der Waals surface area contributed by atoms with Crippen molar-refractivity contribution in [1.82, 2.24) is 0 Å². The van der Waals surface area contributed by atoms with Crippen LogP contribution in [0.3, 0.4) is 0 Å². The van der Waals surface area contributed by atoms with Gasteiger partial charge >= 0.3 is 5.97 Å². The summed E-state index contributed by atoms with van der Waals surface area (Å²) in [5.41, 5.74) is 0.640. The van der Waals surface area contributed by atoms with Gasteiger partial charge in [0.15, 0.2) is 6.61 Å². The number of aryl methyl sites for hydroxylation is 2. The summed E-state index contributed by atoms with van der Waals surface area (Å²) in [4.78, 5) is 37.0. The number of Topliss-reactive ketones (excluding diaryl/α,β-unsaturated/α-hetero) is 1. The molecule has 0 aliphatic rings. The fourth-order valence-electron chi connectivity index (χ4n) is 2.45. The van der Waals surface area contributed by atoms with Gasteiger partial charge in [0.1, 0.15) is 0 Å². The average Bonchev–Trinajstić information content (AvgIpc) is 2.98. The van der Waals surface area contributed by atoms with Gasteiger partial charge in [-0.3, -0.25) is 14.9 Å². The minimum absolute atomic E-state index is 0.00803. The van der Waals surface area contributed by atoms with Gasteiger partial charge in [-0.05, 0) is 26.0 Å². The molecular formula is C18H20N2O6S. The maximum atomic E-state index is 12.4. The molecule has 0 saturated heterocycles. The number of anilines is 1. The molecule has 0 amide bonds. The van der Waals surface area contributed by atoms with Gasteiger partial charge in [-0.25, -0.2) is 4.79 Å². The van der Waals surface area contributed by atoms with Crippen molar-refractivity contribution in [2.45, 2.75) is 13.8 Å². The number of ether oxygens (including phenoxy) is 2. The van der Waals surface area contributed by atoms with Crippen LogP contribution in [0.5, 0.6) is 0 Å². The smallest absolute Gasteiger partial charge is 0.340 e. The molecule has 1 aromatic carbocycles. The van der Waals surface area contributed by atoms with Crippen molar-refractivity contribution >= 4 is 34.5 Å². The second kappa shape index (κ2) is 9.24. The Hall–Kier alpha value is -2.78. The fourth-order valence-corrected chi connectivity index (χ4v) is 3.39. The second-order valence-electron chi connectivity index (χ2n) is 5.73. The van der Waals surface area contributed by atoms with E-state index in [-0.39, 0.29) is 17.0 Å². The normalized spacial score (nSPS) is 10.5. The lowest BCUT2D eigenvalue weighted by atomic mass is 10.1. The number of rotatable bonds is 9. The van der Waals surface area contributed by atoms with Crippen LogP contribution in [0.25, 0.3) is 0 Å². The molecule has 9 heteroatoms. The Morgan fingerprint density at radius 2 is 1.96 bits per heavy atom. The molecule has 0 radical (unpaired) electrons. The third-order valence-electron chi connectivity index (χ3n) is 3.73. The van der Waals surface area contributed by atoms with E-state index in [1.807, 2.05) is 13.8 Å². The Kier molecular flexibility index (Phi) is 7.03. The van der Waals surface area contributed by atoms with E-state index in [0.29, 0.717) is 24.4 Å². The van der Waals surface area contributed by atoms with Crippen LogP contribution in [0.2, 0.25) is 0 Å². The summed E-state index contributed by atoms with van der Waals surface area (Å²) in [6, 6.07) is 5.59. The number of esters is 1. The topological polar surface area (TPSA) is 108 Å². The van der Waals surface area contributed by atoms with Crippen LogP contribution in [0.15, 0.2) is 24.3 Å². The molecule has 0 aliphatic heterocycles. The van der Waals surface area contributed by atoms with Crippen molar-refractivity contribution in [2.24, 2.45) is 0 Å². The zero-order valence-electron chi connectivity index (χ0n) is 15.2. The second-order valence-corrected chi connectivity index (χ2v) is 7.19. The van der Waals surface area contributed by atoms with Crippen LogP contribution >= 0.6 is 11.3 Å². The van der Waals surface area contributed by atoms with Gasteiger partial charge in [0, 0.05) is 46.8 Å². The molecule has 0 spiro atoms. The van der Waals surface area contributed by atoms with Crippen LogP contribution in [0, 0.1) is 24.0 Å². The van der Waals surface area contributed by atoms with Gasteiger partial charge in [0.05, 0.1) is 17.1 Å². The maximum Gasteiger partial charge on any atom is 0.340 e. The Morgan fingerprint density at radius 1 is 1.22 bits per heavy atom. The summed E-state index contributed by atoms with van der Waals surface area (Å²) in [6.45, 7) is 4.07. The van der Waals surface area contributed by atoms with Crippen LogP contribution in [-0.4, -0.2) is 43.5 Å². The van der Waals surface area contributed by atoms with Crippen molar-refractivity contribution in [1.29, 1.82) is 0 Å². The largest absolute Gasteiger partial charge is 0.454 e. The molecule has 0 bridgehead atoms.